The number of likely N-dealkylation sites (N-methyl/N-ethyl adjacent to an activating group) is 1. The Balaban J connectivity index is 0. The van der Waals surface area contributed by atoms with Crippen molar-refractivity contribution >= 4 is 31.6 Å². The lowest BCUT2D eigenvalue weighted by atomic mass is 9.95. The van der Waals surface area contributed by atoms with E-state index in [0.29, 0.717) is 0 Å². The molecule has 38 heavy (non-hydrogen) atoms. The van der Waals surface area contributed by atoms with Gasteiger partial charge in [-0.25, -0.2) is 9.97 Å². The maximum Gasteiger partial charge on any atom is 0.129 e. The summed E-state index contributed by atoms with van der Waals surface area (Å²) in [5.41, 5.74) is 3.53. The highest BCUT2D eigenvalue weighted by atomic mass is 16.5. The fourth-order valence-electron chi connectivity index (χ4n) is 3.45. The lowest BCUT2D eigenvalue weighted by Gasteiger charge is -2.18. The number of aryl methyl sites for hydroxylation is 1. The summed E-state index contributed by atoms with van der Waals surface area (Å²) in [7, 11) is 9.30. The van der Waals surface area contributed by atoms with Crippen molar-refractivity contribution in [2.75, 3.05) is 39.2 Å². The van der Waals surface area contributed by atoms with Crippen LogP contribution in [0.5, 0.6) is 0 Å². The lowest BCUT2D eigenvalue weighted by Crippen LogP contribution is -2.19. The molecule has 3 rings (SSSR count). The van der Waals surface area contributed by atoms with Gasteiger partial charge >= 0.3 is 0 Å². The van der Waals surface area contributed by atoms with Crippen LogP contribution in [0, 0.1) is 6.92 Å². The summed E-state index contributed by atoms with van der Waals surface area (Å²) < 4.78 is 4.72. The first kappa shape index (κ1) is 37.4. The molecule has 8 heteroatoms. The number of carbonyl (C=O) groups excluding carboxylic acids is 1. The quantitative estimate of drug-likeness (QED) is 0.300. The van der Waals surface area contributed by atoms with Crippen molar-refractivity contribution in [3.8, 4) is 0 Å². The first-order valence-corrected chi connectivity index (χ1v) is 13.7. The number of nitrogens with zero attached hydrogens (tertiary/aromatic N) is 2. The van der Waals surface area contributed by atoms with Crippen LogP contribution in [0.15, 0.2) is 36.9 Å². The first-order valence-electron chi connectivity index (χ1n) is 13.7. The molecule has 1 unspecified atom stereocenters. The molecule has 0 aliphatic heterocycles. The van der Waals surface area contributed by atoms with E-state index in [4.69, 9.17) is 17.4 Å². The minimum atomic E-state index is 0.0316. The van der Waals surface area contributed by atoms with Gasteiger partial charge in [0.15, 0.2) is 0 Å². The molecule has 3 N–H and O–H groups in total. The Morgan fingerprint density at radius 2 is 1.58 bits per heavy atom. The Morgan fingerprint density at radius 3 is 2.00 bits per heavy atom. The van der Waals surface area contributed by atoms with E-state index in [1.807, 2.05) is 71.9 Å². The SMILES string of the molecule is C1CCCCC1.C=O.CC.CNCCOC.[B]c1ccc(C(=C)NC(C)c2cc(NCC)nc(C)n2)cc1. The van der Waals surface area contributed by atoms with Gasteiger partial charge in [0.05, 0.1) is 18.3 Å². The molecule has 2 radical (unpaired) electrons. The summed E-state index contributed by atoms with van der Waals surface area (Å²) in [6, 6.07) is 9.63. The third kappa shape index (κ3) is 18.5. The Kier molecular flexibility index (Phi) is 25.5. The highest BCUT2D eigenvalue weighted by Crippen LogP contribution is 2.18. The van der Waals surface area contributed by atoms with Crippen LogP contribution >= 0.6 is 0 Å². The predicted octanol–water partition coefficient (Wildman–Crippen LogP) is 5.37. The average Bonchev–Trinajstić information content (AvgIpc) is 2.96. The second kappa shape index (κ2) is 25.9. The molecule has 7 nitrogen and oxygen atoms in total. The molecule has 1 fully saturated rings. The normalized spacial score (nSPS) is 12.3. The standard InChI is InChI=1S/C17H21BN4.C6H12.C4H11NO.C2H6.CH2O/c1-5-19-17-10-16(21-13(4)22-17)12(3)20-11(2)14-6-8-15(18)9-7-14;1-2-4-6-5-3-1;1-5-3-4-6-2;2*1-2/h6-10,12,20H,2,5H2,1,3-4H3,(H,19,21,22);1-6H2;5H,3-4H2,1-2H3;1-2H3;1H2. The molecule has 1 aliphatic carbocycles. The Labute approximate surface area is 234 Å². The van der Waals surface area contributed by atoms with Gasteiger partial charge in [-0.2, -0.15) is 0 Å². The number of nitrogens with one attached hydrogen (secondary N) is 3. The van der Waals surface area contributed by atoms with Crippen LogP contribution < -0.4 is 21.4 Å². The number of ether oxygens (including phenoxy) is 1. The number of benzene rings is 1. The molecule has 0 amide bonds. The van der Waals surface area contributed by atoms with Crippen LogP contribution in [0.4, 0.5) is 5.82 Å². The van der Waals surface area contributed by atoms with Gasteiger partial charge in [0.2, 0.25) is 0 Å². The van der Waals surface area contributed by atoms with Crippen LogP contribution in [0.3, 0.4) is 0 Å². The van der Waals surface area contributed by atoms with E-state index in [9.17, 15) is 0 Å². The average molecular weight is 526 g/mol. The van der Waals surface area contributed by atoms with Crippen LogP contribution in [0.1, 0.15) is 89.3 Å². The summed E-state index contributed by atoms with van der Waals surface area (Å²) in [6.45, 7) is 18.7. The minimum Gasteiger partial charge on any atom is -0.383 e. The molecule has 1 heterocycles. The summed E-state index contributed by atoms with van der Waals surface area (Å²) >= 11 is 0. The van der Waals surface area contributed by atoms with Crippen LogP contribution in [-0.4, -0.2) is 58.5 Å². The minimum absolute atomic E-state index is 0.0316. The molecule has 1 aliphatic rings. The van der Waals surface area contributed by atoms with E-state index in [2.05, 4.69) is 39.4 Å². The van der Waals surface area contributed by atoms with Crippen LogP contribution in [-0.2, 0) is 9.53 Å². The number of aromatic nitrogens is 2. The van der Waals surface area contributed by atoms with Gasteiger partial charge in [0.1, 0.15) is 26.3 Å². The highest BCUT2D eigenvalue weighted by Gasteiger charge is 2.11. The van der Waals surface area contributed by atoms with E-state index in [1.54, 1.807) is 7.11 Å². The predicted molar refractivity (Wildman–Crippen MR) is 165 cm³/mol. The van der Waals surface area contributed by atoms with Crippen LogP contribution in [0.2, 0.25) is 0 Å². The number of rotatable bonds is 9. The zero-order valence-electron chi connectivity index (χ0n) is 25.0. The second-order valence-electron chi connectivity index (χ2n) is 8.44. The van der Waals surface area contributed by atoms with Crippen molar-refractivity contribution in [1.29, 1.82) is 0 Å². The maximum atomic E-state index is 8.00. The van der Waals surface area contributed by atoms with Crippen molar-refractivity contribution in [2.45, 2.75) is 79.2 Å². The molecule has 212 valence electrons. The molecule has 2 aromatic rings. The Morgan fingerprint density at radius 1 is 1.05 bits per heavy atom. The summed E-state index contributed by atoms with van der Waals surface area (Å²) in [5.74, 6) is 1.59. The maximum absolute atomic E-state index is 8.00. The van der Waals surface area contributed by atoms with Crippen molar-refractivity contribution in [1.82, 2.24) is 20.6 Å². The molecule has 1 aromatic carbocycles. The van der Waals surface area contributed by atoms with Gasteiger partial charge < -0.3 is 25.5 Å². The monoisotopic (exact) mass is 525 g/mol. The van der Waals surface area contributed by atoms with Crippen molar-refractivity contribution in [3.05, 3.63) is 54.0 Å². The number of anilines is 1. The fourth-order valence-corrected chi connectivity index (χ4v) is 3.45. The van der Waals surface area contributed by atoms with E-state index in [1.165, 1.54) is 38.5 Å². The molecular weight excluding hydrogens is 473 g/mol. The van der Waals surface area contributed by atoms with Crippen molar-refractivity contribution in [2.24, 2.45) is 0 Å². The number of hydrogen-bond acceptors (Lipinski definition) is 7. The van der Waals surface area contributed by atoms with Crippen molar-refractivity contribution < 1.29 is 9.53 Å². The molecular formula is C30H52BN5O2. The van der Waals surface area contributed by atoms with Gasteiger partial charge in [0.25, 0.3) is 0 Å². The van der Waals surface area contributed by atoms with E-state index in [-0.39, 0.29) is 6.04 Å². The van der Waals surface area contributed by atoms with Gasteiger partial charge in [0, 0.05) is 32.0 Å². The number of carbonyl (C=O) groups is 1. The summed E-state index contributed by atoms with van der Waals surface area (Å²) in [6.07, 6.45) is 9.00. The van der Waals surface area contributed by atoms with E-state index in [0.717, 1.165) is 53.8 Å². The van der Waals surface area contributed by atoms with Gasteiger partial charge in [-0.3, -0.25) is 0 Å². The molecule has 1 saturated carbocycles. The smallest absolute Gasteiger partial charge is 0.129 e. The van der Waals surface area contributed by atoms with Crippen molar-refractivity contribution in [3.63, 3.8) is 0 Å². The molecule has 0 spiro atoms. The summed E-state index contributed by atoms with van der Waals surface area (Å²) in [5, 5.41) is 9.54. The Bertz CT molecular complexity index is 814. The molecule has 1 atom stereocenters. The zero-order chi connectivity index (χ0) is 29.2. The van der Waals surface area contributed by atoms with Gasteiger partial charge in [-0.05, 0) is 33.4 Å². The zero-order valence-corrected chi connectivity index (χ0v) is 25.0. The third-order valence-corrected chi connectivity index (χ3v) is 5.37. The molecule has 0 bridgehead atoms. The second-order valence-corrected chi connectivity index (χ2v) is 8.44. The van der Waals surface area contributed by atoms with Gasteiger partial charge in [-0.15, -0.1) is 0 Å². The Hall–Kier alpha value is -2.71. The van der Waals surface area contributed by atoms with E-state index < -0.39 is 0 Å². The molecule has 1 aromatic heterocycles. The number of methoxy groups -OCH3 is 1. The molecule has 0 saturated heterocycles. The topological polar surface area (TPSA) is 88.2 Å². The number of hydrogen-bond donors (Lipinski definition) is 3. The fraction of sp³-hybridized carbons (Fsp3) is 0.567. The lowest BCUT2D eigenvalue weighted by molar-refractivity contribution is -0.0980. The van der Waals surface area contributed by atoms with Crippen LogP contribution in [0.25, 0.3) is 5.70 Å². The van der Waals surface area contributed by atoms with Gasteiger partial charge in [-0.1, -0.05) is 88.7 Å². The third-order valence-electron chi connectivity index (χ3n) is 5.37. The van der Waals surface area contributed by atoms with E-state index >= 15 is 0 Å². The highest BCUT2D eigenvalue weighted by molar-refractivity contribution is 6.32. The largest absolute Gasteiger partial charge is 0.383 e. The summed E-state index contributed by atoms with van der Waals surface area (Å²) in [4.78, 5) is 16.9. The first-order chi connectivity index (χ1) is 18.4.